The molecule has 7 nitrogen and oxygen atoms in total. The fourth-order valence-electron chi connectivity index (χ4n) is 2.18. The minimum Gasteiger partial charge on any atom is -0.493 e. The summed E-state index contributed by atoms with van der Waals surface area (Å²) < 4.78 is 16.3. The van der Waals surface area contributed by atoms with E-state index < -0.39 is 4.92 Å². The topological polar surface area (TPSA) is 87.6 Å². The van der Waals surface area contributed by atoms with Crippen molar-refractivity contribution in [1.82, 2.24) is 4.98 Å². The summed E-state index contributed by atoms with van der Waals surface area (Å²) in [6.07, 6.45) is 1.56. The Bertz CT molecular complexity index is 910. The van der Waals surface area contributed by atoms with Crippen molar-refractivity contribution in [3.63, 3.8) is 0 Å². The van der Waals surface area contributed by atoms with E-state index >= 15 is 0 Å². The first-order valence-corrected chi connectivity index (χ1v) is 7.60. The van der Waals surface area contributed by atoms with Crippen molar-refractivity contribution in [1.29, 1.82) is 0 Å². The number of benzene rings is 2. The fraction of sp³-hybridized carbons (Fsp3) is 0.118. The van der Waals surface area contributed by atoms with Gasteiger partial charge in [-0.2, -0.15) is 0 Å². The Hall–Kier alpha value is -3.06. The number of hydrogen-bond acceptors (Lipinski definition) is 6. The van der Waals surface area contributed by atoms with Crippen molar-refractivity contribution in [2.45, 2.75) is 6.61 Å². The SMILES string of the molecule is COc1ccc([N+](=O)[O-])cc1OCc1ncc(-c2cccc(Cl)c2)o1. The quantitative estimate of drug-likeness (QED) is 0.475. The molecule has 0 atom stereocenters. The first-order valence-electron chi connectivity index (χ1n) is 7.22. The Morgan fingerprint density at radius 3 is 2.80 bits per heavy atom. The maximum atomic E-state index is 10.9. The highest BCUT2D eigenvalue weighted by Gasteiger charge is 2.14. The normalized spacial score (nSPS) is 10.5. The van der Waals surface area contributed by atoms with Gasteiger partial charge >= 0.3 is 0 Å². The van der Waals surface area contributed by atoms with Gasteiger partial charge in [0, 0.05) is 16.7 Å². The van der Waals surface area contributed by atoms with Gasteiger partial charge in [-0.25, -0.2) is 4.98 Å². The second kappa shape index (κ2) is 7.23. The predicted molar refractivity (Wildman–Crippen MR) is 90.9 cm³/mol. The van der Waals surface area contributed by atoms with Gasteiger partial charge in [-0.05, 0) is 18.2 Å². The largest absolute Gasteiger partial charge is 0.493 e. The van der Waals surface area contributed by atoms with E-state index in [9.17, 15) is 10.1 Å². The monoisotopic (exact) mass is 360 g/mol. The molecule has 0 bridgehead atoms. The van der Waals surface area contributed by atoms with Gasteiger partial charge in [0.25, 0.3) is 5.69 Å². The van der Waals surface area contributed by atoms with Gasteiger partial charge in [0.05, 0.1) is 24.3 Å². The minimum atomic E-state index is -0.505. The molecular weight excluding hydrogens is 348 g/mol. The molecule has 8 heteroatoms. The molecule has 0 spiro atoms. The number of nitro groups is 1. The van der Waals surface area contributed by atoms with Crippen LogP contribution in [-0.4, -0.2) is 17.0 Å². The Kier molecular flexibility index (Phi) is 4.85. The maximum absolute atomic E-state index is 10.9. The standard InChI is InChI=1S/C17H13ClN2O5/c1-23-14-6-5-13(20(21)22)8-15(14)24-10-17-19-9-16(25-17)11-3-2-4-12(18)7-11/h2-9H,10H2,1H3. The lowest BCUT2D eigenvalue weighted by atomic mass is 10.2. The van der Waals surface area contributed by atoms with Crippen LogP contribution >= 0.6 is 11.6 Å². The molecule has 0 fully saturated rings. The van der Waals surface area contributed by atoms with E-state index in [0.717, 1.165) is 5.56 Å². The Balaban J connectivity index is 1.76. The molecule has 1 aromatic heterocycles. The molecule has 0 amide bonds. The first kappa shape index (κ1) is 16.8. The summed E-state index contributed by atoms with van der Waals surface area (Å²) in [4.78, 5) is 14.5. The van der Waals surface area contributed by atoms with E-state index in [1.807, 2.05) is 12.1 Å². The smallest absolute Gasteiger partial charge is 0.273 e. The number of hydrogen-bond donors (Lipinski definition) is 0. The van der Waals surface area contributed by atoms with E-state index in [4.69, 9.17) is 25.5 Å². The van der Waals surface area contributed by atoms with Crippen LogP contribution in [-0.2, 0) is 6.61 Å². The van der Waals surface area contributed by atoms with Crippen LogP contribution in [0.3, 0.4) is 0 Å². The molecule has 2 aromatic carbocycles. The average Bonchev–Trinajstić information content (AvgIpc) is 3.08. The van der Waals surface area contributed by atoms with E-state index in [-0.39, 0.29) is 18.0 Å². The minimum absolute atomic E-state index is 0.00189. The van der Waals surface area contributed by atoms with Crippen LogP contribution in [0.25, 0.3) is 11.3 Å². The highest BCUT2D eigenvalue weighted by molar-refractivity contribution is 6.30. The number of non-ortho nitro benzene ring substituents is 1. The lowest BCUT2D eigenvalue weighted by Gasteiger charge is -2.08. The zero-order chi connectivity index (χ0) is 17.8. The van der Waals surface area contributed by atoms with Gasteiger partial charge in [0.1, 0.15) is 0 Å². The molecule has 0 saturated carbocycles. The van der Waals surface area contributed by atoms with Crippen molar-refractivity contribution < 1.29 is 18.8 Å². The first-order chi connectivity index (χ1) is 12.1. The summed E-state index contributed by atoms with van der Waals surface area (Å²) in [5, 5.41) is 11.5. The number of oxazole rings is 1. The molecule has 0 aliphatic heterocycles. The lowest BCUT2D eigenvalue weighted by Crippen LogP contribution is -1.99. The molecule has 0 aliphatic carbocycles. The Labute approximate surface area is 147 Å². The van der Waals surface area contributed by atoms with Gasteiger partial charge in [-0.3, -0.25) is 10.1 Å². The second-order valence-corrected chi connectivity index (χ2v) is 5.45. The molecule has 0 N–H and O–H groups in total. The molecule has 3 aromatic rings. The summed E-state index contributed by atoms with van der Waals surface area (Å²) in [5.74, 6) is 1.49. The summed E-state index contributed by atoms with van der Waals surface area (Å²) in [6, 6.07) is 11.3. The van der Waals surface area contributed by atoms with E-state index in [1.54, 1.807) is 18.3 Å². The maximum Gasteiger partial charge on any atom is 0.273 e. The van der Waals surface area contributed by atoms with E-state index in [0.29, 0.717) is 22.4 Å². The highest BCUT2D eigenvalue weighted by Crippen LogP contribution is 2.32. The molecule has 1 heterocycles. The summed E-state index contributed by atoms with van der Waals surface area (Å²) >= 11 is 5.96. The molecular formula is C17H13ClN2O5. The van der Waals surface area contributed by atoms with Crippen molar-refractivity contribution in [3.8, 4) is 22.8 Å². The highest BCUT2D eigenvalue weighted by atomic mass is 35.5. The van der Waals surface area contributed by atoms with E-state index in [1.165, 1.54) is 25.3 Å². The van der Waals surface area contributed by atoms with Crippen LogP contribution in [0.15, 0.2) is 53.1 Å². The second-order valence-electron chi connectivity index (χ2n) is 5.01. The van der Waals surface area contributed by atoms with Gasteiger partial charge < -0.3 is 13.9 Å². The van der Waals surface area contributed by atoms with Crippen LogP contribution in [0.5, 0.6) is 11.5 Å². The Morgan fingerprint density at radius 1 is 1.24 bits per heavy atom. The zero-order valence-corrected chi connectivity index (χ0v) is 13.9. The van der Waals surface area contributed by atoms with Gasteiger partial charge in [0.15, 0.2) is 23.9 Å². The summed E-state index contributed by atoms with van der Waals surface area (Å²) in [7, 11) is 1.45. The average molecular weight is 361 g/mol. The third-order valence-electron chi connectivity index (χ3n) is 3.37. The Morgan fingerprint density at radius 2 is 2.08 bits per heavy atom. The zero-order valence-electron chi connectivity index (χ0n) is 13.1. The predicted octanol–water partition coefficient (Wildman–Crippen LogP) is 4.49. The number of ether oxygens (including phenoxy) is 2. The molecule has 25 heavy (non-hydrogen) atoms. The molecule has 128 valence electrons. The number of halogens is 1. The summed E-state index contributed by atoms with van der Waals surface area (Å²) in [5.41, 5.74) is 0.696. The molecule has 3 rings (SSSR count). The number of rotatable bonds is 6. The van der Waals surface area contributed by atoms with Crippen LogP contribution in [0.4, 0.5) is 5.69 Å². The van der Waals surface area contributed by atoms with Crippen molar-refractivity contribution in [2.75, 3.05) is 7.11 Å². The van der Waals surface area contributed by atoms with Crippen molar-refractivity contribution in [3.05, 3.63) is 69.7 Å². The van der Waals surface area contributed by atoms with Crippen LogP contribution in [0.2, 0.25) is 5.02 Å². The summed E-state index contributed by atoms with van der Waals surface area (Å²) in [6.45, 7) is -0.00189. The molecule has 0 radical (unpaired) electrons. The molecule has 0 aliphatic rings. The number of nitrogens with zero attached hydrogens (tertiary/aromatic N) is 2. The van der Waals surface area contributed by atoms with E-state index in [2.05, 4.69) is 4.98 Å². The molecule has 0 unspecified atom stereocenters. The number of aromatic nitrogens is 1. The van der Waals surface area contributed by atoms with Gasteiger partial charge in [0.2, 0.25) is 5.89 Å². The van der Waals surface area contributed by atoms with Crippen molar-refractivity contribution in [2.24, 2.45) is 0 Å². The number of methoxy groups -OCH3 is 1. The van der Waals surface area contributed by atoms with Gasteiger partial charge in [-0.1, -0.05) is 23.7 Å². The number of nitro benzene ring substituents is 1. The fourth-order valence-corrected chi connectivity index (χ4v) is 2.37. The van der Waals surface area contributed by atoms with Crippen LogP contribution < -0.4 is 9.47 Å². The van der Waals surface area contributed by atoms with Crippen molar-refractivity contribution >= 4 is 17.3 Å². The third kappa shape index (κ3) is 3.89. The molecule has 0 saturated heterocycles. The van der Waals surface area contributed by atoms with Crippen LogP contribution in [0, 0.1) is 10.1 Å². The lowest BCUT2D eigenvalue weighted by molar-refractivity contribution is -0.385. The van der Waals surface area contributed by atoms with Crippen LogP contribution in [0.1, 0.15) is 5.89 Å². The third-order valence-corrected chi connectivity index (χ3v) is 3.61. The van der Waals surface area contributed by atoms with Gasteiger partial charge in [-0.15, -0.1) is 0 Å².